The van der Waals surface area contributed by atoms with E-state index in [1.165, 1.54) is 0 Å². The van der Waals surface area contributed by atoms with Gasteiger partial charge in [0.1, 0.15) is 11.3 Å². The number of nitrogens with one attached hydrogen (secondary N) is 1. The van der Waals surface area contributed by atoms with Crippen LogP contribution in [0.2, 0.25) is 0 Å². The lowest BCUT2D eigenvalue weighted by Crippen LogP contribution is -2.09. The zero-order valence-electron chi connectivity index (χ0n) is 16.0. The molecule has 1 aromatic carbocycles. The predicted octanol–water partition coefficient (Wildman–Crippen LogP) is 3.44. The van der Waals surface area contributed by atoms with Crippen molar-refractivity contribution in [2.24, 2.45) is 0 Å². The van der Waals surface area contributed by atoms with Crippen LogP contribution in [0.4, 0.5) is 11.5 Å². The summed E-state index contributed by atoms with van der Waals surface area (Å²) in [5.74, 6) is 1.88. The molecule has 0 fully saturated rings. The molecule has 5 aromatic rings. The van der Waals surface area contributed by atoms with Gasteiger partial charge in [0.15, 0.2) is 11.6 Å². The van der Waals surface area contributed by atoms with Crippen LogP contribution in [0.15, 0.2) is 79.5 Å². The molecule has 0 aliphatic heterocycles. The van der Waals surface area contributed by atoms with Gasteiger partial charge in [0.05, 0.1) is 12.2 Å². The number of rotatable bonds is 5. The van der Waals surface area contributed by atoms with Crippen LogP contribution in [0.1, 0.15) is 5.82 Å². The first kappa shape index (κ1) is 17.7. The molecule has 146 valence electrons. The average Bonchev–Trinajstić information content (AvgIpc) is 3.23. The standard InChI is InChI=1S/C22H18N8/c23-17-11-16(12-24-13-17)21-28-22(27-14-19-25-8-4-9-26-19)20-18(7-10-30(20)29-21)15-5-2-1-3-6-15/h1-13H,14,23H2,(H,27,28,29). The minimum Gasteiger partial charge on any atom is -0.397 e. The maximum Gasteiger partial charge on any atom is 0.183 e. The number of nitrogen functional groups attached to an aromatic ring is 1. The lowest BCUT2D eigenvalue weighted by Gasteiger charge is -2.11. The lowest BCUT2D eigenvalue weighted by molar-refractivity contribution is 0.896. The number of fused-ring (bicyclic) bond motifs is 1. The average molecular weight is 394 g/mol. The van der Waals surface area contributed by atoms with Crippen molar-refractivity contribution in [3.05, 3.63) is 85.3 Å². The van der Waals surface area contributed by atoms with Gasteiger partial charge in [-0.15, -0.1) is 5.10 Å². The molecule has 0 aliphatic carbocycles. The van der Waals surface area contributed by atoms with Gasteiger partial charge in [-0.2, -0.15) is 0 Å². The van der Waals surface area contributed by atoms with Gasteiger partial charge in [0, 0.05) is 42.1 Å². The highest BCUT2D eigenvalue weighted by Gasteiger charge is 2.15. The SMILES string of the molecule is Nc1cncc(-c2nc(NCc3ncccn3)c3c(-c4ccccc4)ccn3n2)c1. The van der Waals surface area contributed by atoms with Crippen molar-refractivity contribution in [1.29, 1.82) is 0 Å². The van der Waals surface area contributed by atoms with E-state index < -0.39 is 0 Å². The molecule has 4 aromatic heterocycles. The molecule has 3 N–H and O–H groups in total. The van der Waals surface area contributed by atoms with Crippen molar-refractivity contribution in [3.63, 3.8) is 0 Å². The molecule has 0 radical (unpaired) electrons. The molecule has 0 unspecified atom stereocenters. The first-order valence-corrected chi connectivity index (χ1v) is 9.43. The molecule has 0 amide bonds. The number of benzene rings is 1. The summed E-state index contributed by atoms with van der Waals surface area (Å²) in [6.07, 6.45) is 8.65. The molecule has 0 aliphatic rings. The van der Waals surface area contributed by atoms with Gasteiger partial charge in [-0.3, -0.25) is 4.98 Å². The number of nitrogens with zero attached hydrogens (tertiary/aromatic N) is 6. The maximum absolute atomic E-state index is 5.90. The second-order valence-corrected chi connectivity index (χ2v) is 6.70. The van der Waals surface area contributed by atoms with Gasteiger partial charge in [0.25, 0.3) is 0 Å². The Morgan fingerprint density at radius 3 is 2.57 bits per heavy atom. The summed E-state index contributed by atoms with van der Waals surface area (Å²) in [6, 6.07) is 15.8. The summed E-state index contributed by atoms with van der Waals surface area (Å²) in [5.41, 5.74) is 10.2. The fourth-order valence-electron chi connectivity index (χ4n) is 3.28. The fourth-order valence-corrected chi connectivity index (χ4v) is 3.28. The van der Waals surface area contributed by atoms with Gasteiger partial charge in [-0.1, -0.05) is 30.3 Å². The molecular formula is C22H18N8. The first-order chi connectivity index (χ1) is 14.8. The highest BCUT2D eigenvalue weighted by atomic mass is 15.3. The molecule has 8 nitrogen and oxygen atoms in total. The highest BCUT2D eigenvalue weighted by Crippen LogP contribution is 2.31. The molecule has 0 saturated carbocycles. The normalized spacial score (nSPS) is 10.9. The van der Waals surface area contributed by atoms with Gasteiger partial charge in [-0.05, 0) is 23.8 Å². The number of pyridine rings is 1. The third-order valence-corrected chi connectivity index (χ3v) is 4.65. The molecule has 0 spiro atoms. The Kier molecular flexibility index (Phi) is 4.49. The van der Waals surface area contributed by atoms with Crippen LogP contribution in [0.25, 0.3) is 28.0 Å². The number of anilines is 2. The topological polar surface area (TPSA) is 107 Å². The molecule has 4 heterocycles. The van der Waals surface area contributed by atoms with Crippen molar-refractivity contribution in [3.8, 4) is 22.5 Å². The van der Waals surface area contributed by atoms with Gasteiger partial charge < -0.3 is 11.1 Å². The molecule has 0 atom stereocenters. The molecule has 0 bridgehead atoms. The van der Waals surface area contributed by atoms with Gasteiger partial charge in [0.2, 0.25) is 0 Å². The third-order valence-electron chi connectivity index (χ3n) is 4.65. The third kappa shape index (κ3) is 3.42. The van der Waals surface area contributed by atoms with E-state index in [1.54, 1.807) is 36.9 Å². The van der Waals surface area contributed by atoms with E-state index in [0.29, 0.717) is 29.7 Å². The number of aromatic nitrogens is 6. The molecule has 5 rings (SSSR count). The smallest absolute Gasteiger partial charge is 0.183 e. The highest BCUT2D eigenvalue weighted by molar-refractivity contribution is 5.89. The van der Waals surface area contributed by atoms with Crippen LogP contribution in [0.5, 0.6) is 0 Å². The number of nitrogens with two attached hydrogens (primary N) is 1. The van der Waals surface area contributed by atoms with Gasteiger partial charge in [-0.25, -0.2) is 19.5 Å². The Morgan fingerprint density at radius 2 is 1.77 bits per heavy atom. The van der Waals surface area contributed by atoms with Gasteiger partial charge >= 0.3 is 0 Å². The van der Waals surface area contributed by atoms with Crippen LogP contribution in [-0.4, -0.2) is 29.5 Å². The summed E-state index contributed by atoms with van der Waals surface area (Å²) >= 11 is 0. The Morgan fingerprint density at radius 1 is 0.933 bits per heavy atom. The van der Waals surface area contributed by atoms with Crippen LogP contribution in [0, 0.1) is 0 Å². The number of hydrogen-bond acceptors (Lipinski definition) is 7. The van der Waals surface area contributed by atoms with E-state index in [0.717, 1.165) is 22.2 Å². The van der Waals surface area contributed by atoms with Crippen LogP contribution in [0.3, 0.4) is 0 Å². The van der Waals surface area contributed by atoms with Crippen molar-refractivity contribution in [2.45, 2.75) is 6.54 Å². The first-order valence-electron chi connectivity index (χ1n) is 9.43. The van der Waals surface area contributed by atoms with E-state index in [1.807, 2.05) is 35.0 Å². The van der Waals surface area contributed by atoms with E-state index in [2.05, 4.69) is 37.5 Å². The number of hydrogen-bond donors (Lipinski definition) is 2. The zero-order valence-corrected chi connectivity index (χ0v) is 16.0. The zero-order chi connectivity index (χ0) is 20.3. The summed E-state index contributed by atoms with van der Waals surface area (Å²) in [5, 5.41) is 8.06. The summed E-state index contributed by atoms with van der Waals surface area (Å²) < 4.78 is 1.82. The Labute approximate surface area is 172 Å². The van der Waals surface area contributed by atoms with Crippen molar-refractivity contribution >= 4 is 17.0 Å². The van der Waals surface area contributed by atoms with Crippen molar-refractivity contribution in [2.75, 3.05) is 11.1 Å². The quantitative estimate of drug-likeness (QED) is 0.470. The van der Waals surface area contributed by atoms with Crippen LogP contribution in [-0.2, 0) is 6.54 Å². The van der Waals surface area contributed by atoms with Crippen molar-refractivity contribution < 1.29 is 0 Å². The Bertz CT molecular complexity index is 1300. The summed E-state index contributed by atoms with van der Waals surface area (Å²) in [4.78, 5) is 17.5. The van der Waals surface area contributed by atoms with E-state index in [9.17, 15) is 0 Å². The second-order valence-electron chi connectivity index (χ2n) is 6.70. The monoisotopic (exact) mass is 394 g/mol. The predicted molar refractivity (Wildman–Crippen MR) is 115 cm³/mol. The molecule has 30 heavy (non-hydrogen) atoms. The molecule has 0 saturated heterocycles. The molecule has 8 heteroatoms. The minimum atomic E-state index is 0.432. The van der Waals surface area contributed by atoms with E-state index >= 15 is 0 Å². The van der Waals surface area contributed by atoms with E-state index in [-0.39, 0.29) is 0 Å². The minimum absolute atomic E-state index is 0.432. The largest absolute Gasteiger partial charge is 0.397 e. The van der Waals surface area contributed by atoms with Crippen LogP contribution >= 0.6 is 0 Å². The summed E-state index contributed by atoms with van der Waals surface area (Å²) in [6.45, 7) is 0.432. The fraction of sp³-hybridized carbons (Fsp3) is 0.0455. The maximum atomic E-state index is 5.90. The second kappa shape index (κ2) is 7.59. The summed E-state index contributed by atoms with van der Waals surface area (Å²) in [7, 11) is 0. The van der Waals surface area contributed by atoms with Crippen molar-refractivity contribution in [1.82, 2.24) is 29.5 Å². The Balaban J connectivity index is 1.65. The van der Waals surface area contributed by atoms with E-state index in [4.69, 9.17) is 10.7 Å². The Hall–Kier alpha value is -4.33. The van der Waals surface area contributed by atoms with Crippen LogP contribution < -0.4 is 11.1 Å². The lowest BCUT2D eigenvalue weighted by atomic mass is 10.1. The molecular weight excluding hydrogens is 376 g/mol.